The number of rotatable bonds is 2. The van der Waals surface area contributed by atoms with Crippen molar-refractivity contribution in [3.8, 4) is 0 Å². The zero-order chi connectivity index (χ0) is 15.6. The van der Waals surface area contributed by atoms with Gasteiger partial charge in [0.2, 0.25) is 0 Å². The molecule has 0 aliphatic carbocycles. The van der Waals surface area contributed by atoms with Crippen molar-refractivity contribution in [2.24, 2.45) is 5.92 Å². The Balaban J connectivity index is 2.04. The number of halogens is 1. The highest BCUT2D eigenvalue weighted by molar-refractivity contribution is 6.33. The van der Waals surface area contributed by atoms with Gasteiger partial charge in [-0.1, -0.05) is 24.6 Å². The summed E-state index contributed by atoms with van der Waals surface area (Å²) in [6.45, 7) is 6.23. The lowest BCUT2D eigenvalue weighted by atomic mass is 9.93. The summed E-state index contributed by atoms with van der Waals surface area (Å²) in [6, 6.07) is 5.81. The molecule has 1 aliphatic heterocycles. The molecule has 0 saturated carbocycles. The molecule has 4 nitrogen and oxygen atoms in total. The lowest BCUT2D eigenvalue weighted by Gasteiger charge is -2.39. The number of amides is 2. The van der Waals surface area contributed by atoms with Crippen molar-refractivity contribution in [1.29, 1.82) is 0 Å². The number of benzene rings is 1. The van der Waals surface area contributed by atoms with Crippen LogP contribution in [0.25, 0.3) is 0 Å². The third kappa shape index (κ3) is 3.89. The summed E-state index contributed by atoms with van der Waals surface area (Å²) >= 11 is 6.14. The number of anilines is 1. The average molecular weight is 310 g/mol. The van der Waals surface area contributed by atoms with Crippen molar-refractivity contribution in [3.05, 3.63) is 28.8 Å². The number of nitrogens with one attached hydrogen (secondary N) is 1. The molecular weight excluding hydrogens is 286 g/mol. The minimum absolute atomic E-state index is 0.0936. The predicted molar refractivity (Wildman–Crippen MR) is 88.0 cm³/mol. The summed E-state index contributed by atoms with van der Waals surface area (Å²) in [6.07, 6.45) is 1.00. The van der Waals surface area contributed by atoms with Gasteiger partial charge in [0.15, 0.2) is 0 Å². The number of carbonyl (C=O) groups is 1. The van der Waals surface area contributed by atoms with Crippen LogP contribution in [0.2, 0.25) is 5.02 Å². The fourth-order valence-electron chi connectivity index (χ4n) is 3.01. The van der Waals surface area contributed by atoms with Crippen LogP contribution in [0.3, 0.4) is 0 Å². The van der Waals surface area contributed by atoms with Crippen molar-refractivity contribution >= 4 is 23.3 Å². The van der Waals surface area contributed by atoms with Gasteiger partial charge < -0.3 is 15.1 Å². The Morgan fingerprint density at radius 3 is 2.86 bits per heavy atom. The molecule has 2 amide bonds. The fourth-order valence-corrected chi connectivity index (χ4v) is 3.17. The fraction of sp³-hybridized carbons (Fsp3) is 0.562. The Labute approximate surface area is 132 Å². The van der Waals surface area contributed by atoms with E-state index >= 15 is 0 Å². The Morgan fingerprint density at radius 1 is 1.48 bits per heavy atom. The summed E-state index contributed by atoms with van der Waals surface area (Å²) in [5.41, 5.74) is 1.75. The van der Waals surface area contributed by atoms with Gasteiger partial charge >= 0.3 is 6.03 Å². The van der Waals surface area contributed by atoms with E-state index in [4.69, 9.17) is 11.6 Å². The molecule has 2 atom stereocenters. The van der Waals surface area contributed by atoms with Crippen LogP contribution >= 0.6 is 11.6 Å². The van der Waals surface area contributed by atoms with Gasteiger partial charge in [0.1, 0.15) is 0 Å². The van der Waals surface area contributed by atoms with E-state index in [2.05, 4.69) is 24.2 Å². The molecule has 5 heteroatoms. The van der Waals surface area contributed by atoms with Crippen molar-refractivity contribution in [2.75, 3.05) is 32.5 Å². The summed E-state index contributed by atoms with van der Waals surface area (Å²) < 4.78 is 0. The maximum atomic E-state index is 12.4. The van der Waals surface area contributed by atoms with Crippen molar-refractivity contribution in [1.82, 2.24) is 9.80 Å². The van der Waals surface area contributed by atoms with E-state index in [9.17, 15) is 4.79 Å². The molecule has 1 heterocycles. The van der Waals surface area contributed by atoms with Crippen LogP contribution in [0.1, 0.15) is 18.9 Å². The Morgan fingerprint density at radius 2 is 2.19 bits per heavy atom. The highest BCUT2D eigenvalue weighted by Crippen LogP contribution is 2.25. The SMILES string of the molecule is Cc1ccc(Cl)c(NC(=O)N(C)C2CCN(C)CC2C)c1. The second kappa shape index (κ2) is 6.67. The van der Waals surface area contributed by atoms with Gasteiger partial charge in [-0.15, -0.1) is 0 Å². The van der Waals surface area contributed by atoms with Crippen molar-refractivity contribution in [3.63, 3.8) is 0 Å². The van der Waals surface area contributed by atoms with E-state index < -0.39 is 0 Å². The second-order valence-electron chi connectivity index (χ2n) is 6.12. The third-order valence-electron chi connectivity index (χ3n) is 4.24. The molecule has 1 saturated heterocycles. The zero-order valence-electron chi connectivity index (χ0n) is 13.2. The van der Waals surface area contributed by atoms with Crippen molar-refractivity contribution < 1.29 is 4.79 Å². The molecule has 1 aliphatic rings. The molecule has 1 N–H and O–H groups in total. The van der Waals surface area contributed by atoms with Gasteiger partial charge in [0.25, 0.3) is 0 Å². The van der Waals surface area contributed by atoms with E-state index in [1.807, 2.05) is 37.1 Å². The molecule has 21 heavy (non-hydrogen) atoms. The van der Waals surface area contributed by atoms with Crippen LogP contribution in [-0.2, 0) is 0 Å². The molecule has 116 valence electrons. The van der Waals surface area contributed by atoms with Crippen LogP contribution < -0.4 is 5.32 Å². The molecule has 0 radical (unpaired) electrons. The highest BCUT2D eigenvalue weighted by atomic mass is 35.5. The van der Waals surface area contributed by atoms with Crippen LogP contribution in [0.4, 0.5) is 10.5 Å². The number of piperidine rings is 1. The number of nitrogens with zero attached hydrogens (tertiary/aromatic N) is 2. The molecule has 0 aromatic heterocycles. The summed E-state index contributed by atoms with van der Waals surface area (Å²) in [7, 11) is 3.99. The number of aryl methyl sites for hydroxylation is 1. The first-order valence-electron chi connectivity index (χ1n) is 7.37. The first-order valence-corrected chi connectivity index (χ1v) is 7.74. The Hall–Kier alpha value is -1.26. The molecular formula is C16H24ClN3O. The zero-order valence-corrected chi connectivity index (χ0v) is 13.9. The quantitative estimate of drug-likeness (QED) is 0.908. The normalized spacial score (nSPS) is 22.9. The first-order chi connectivity index (χ1) is 9.88. The number of urea groups is 1. The van der Waals surface area contributed by atoms with Gasteiger partial charge in [-0.25, -0.2) is 4.79 Å². The maximum absolute atomic E-state index is 12.4. The van der Waals surface area contributed by atoms with Gasteiger partial charge in [0, 0.05) is 19.6 Å². The third-order valence-corrected chi connectivity index (χ3v) is 4.57. The lowest BCUT2D eigenvalue weighted by molar-refractivity contribution is 0.113. The van der Waals surface area contributed by atoms with Gasteiger partial charge in [0.05, 0.1) is 10.7 Å². The van der Waals surface area contributed by atoms with Gasteiger partial charge in [-0.05, 0) is 50.6 Å². The lowest BCUT2D eigenvalue weighted by Crippen LogP contribution is -2.50. The topological polar surface area (TPSA) is 35.6 Å². The molecule has 0 bridgehead atoms. The standard InChI is InChI=1S/C16H24ClN3O/c1-11-5-6-13(17)14(9-11)18-16(21)20(4)15-7-8-19(3)10-12(15)2/h5-6,9,12,15H,7-8,10H2,1-4H3,(H,18,21). The first kappa shape index (κ1) is 16.1. The second-order valence-corrected chi connectivity index (χ2v) is 6.53. The molecule has 1 aromatic carbocycles. The van der Waals surface area contributed by atoms with Crippen molar-refractivity contribution in [2.45, 2.75) is 26.3 Å². The van der Waals surface area contributed by atoms with Crippen LogP contribution in [0.5, 0.6) is 0 Å². The summed E-state index contributed by atoms with van der Waals surface area (Å²) in [5, 5.41) is 3.49. The molecule has 2 unspecified atom stereocenters. The van der Waals surface area contributed by atoms with Crippen LogP contribution in [0, 0.1) is 12.8 Å². The maximum Gasteiger partial charge on any atom is 0.321 e. The van der Waals surface area contributed by atoms with E-state index in [0.29, 0.717) is 16.6 Å². The molecule has 2 rings (SSSR count). The minimum atomic E-state index is -0.0936. The van der Waals surface area contributed by atoms with Gasteiger partial charge in [-0.3, -0.25) is 0 Å². The average Bonchev–Trinajstić information content (AvgIpc) is 2.42. The summed E-state index contributed by atoms with van der Waals surface area (Å²) in [4.78, 5) is 16.6. The number of carbonyl (C=O) groups excluding carboxylic acids is 1. The monoisotopic (exact) mass is 309 g/mol. The number of likely N-dealkylation sites (tertiary alicyclic amines) is 1. The number of hydrogen-bond acceptors (Lipinski definition) is 2. The number of hydrogen-bond donors (Lipinski definition) is 1. The predicted octanol–water partition coefficient (Wildman–Crippen LogP) is 3.45. The smallest absolute Gasteiger partial charge is 0.321 e. The van der Waals surface area contributed by atoms with Crippen LogP contribution in [-0.4, -0.2) is 49.1 Å². The molecule has 1 fully saturated rings. The van der Waals surface area contributed by atoms with E-state index in [1.165, 1.54) is 0 Å². The Bertz CT molecular complexity index is 520. The van der Waals surface area contributed by atoms with E-state index in [-0.39, 0.29) is 12.1 Å². The van der Waals surface area contributed by atoms with Crippen LogP contribution in [0.15, 0.2) is 18.2 Å². The van der Waals surface area contributed by atoms with E-state index in [0.717, 1.165) is 25.1 Å². The Kier molecular flexibility index (Phi) is 5.12. The summed E-state index contributed by atoms with van der Waals surface area (Å²) in [5.74, 6) is 0.465. The van der Waals surface area contributed by atoms with Gasteiger partial charge in [-0.2, -0.15) is 0 Å². The highest BCUT2D eigenvalue weighted by Gasteiger charge is 2.30. The van der Waals surface area contributed by atoms with E-state index in [1.54, 1.807) is 0 Å². The minimum Gasteiger partial charge on any atom is -0.324 e. The molecule has 1 aromatic rings. The largest absolute Gasteiger partial charge is 0.324 e. The molecule has 0 spiro atoms.